The molecule has 1 atom stereocenters. The molecule has 5 N–H and O–H groups in total. The summed E-state index contributed by atoms with van der Waals surface area (Å²) in [4.78, 5) is 24.2. The van der Waals surface area contributed by atoms with E-state index in [0.717, 1.165) is 11.1 Å². The van der Waals surface area contributed by atoms with Gasteiger partial charge in [-0.3, -0.25) is 30.5 Å². The molecule has 0 amide bonds. The molecule has 0 aliphatic heterocycles. The average Bonchev–Trinajstić information content (AvgIpc) is 2.79. The van der Waals surface area contributed by atoms with Crippen molar-refractivity contribution in [1.29, 1.82) is 0 Å². The molecular weight excluding hydrogens is 448 g/mol. The van der Waals surface area contributed by atoms with E-state index in [4.69, 9.17) is 0 Å². The van der Waals surface area contributed by atoms with Crippen molar-refractivity contribution < 1.29 is 25.3 Å². The molecule has 0 aliphatic carbocycles. The Bertz CT molecular complexity index is 1050. The van der Waals surface area contributed by atoms with Gasteiger partial charge in [-0.05, 0) is 39.8 Å². The molecule has 1 unspecified atom stereocenters. The van der Waals surface area contributed by atoms with Crippen LogP contribution in [-0.2, 0) is 0 Å². The zero-order chi connectivity index (χ0) is 25.6. The lowest BCUT2D eigenvalue weighted by Gasteiger charge is -2.24. The third kappa shape index (κ3) is 5.81. The summed E-state index contributed by atoms with van der Waals surface area (Å²) in [6, 6.07) is 5.52. The summed E-state index contributed by atoms with van der Waals surface area (Å²) in [6.45, 7) is 7.31. The monoisotopic (exact) mass is 478 g/mol. The van der Waals surface area contributed by atoms with Crippen LogP contribution in [0.1, 0.15) is 26.3 Å². The van der Waals surface area contributed by atoms with Crippen LogP contribution in [0.25, 0.3) is 0 Å². The standard InChI is InChI=1S/C21H30N6O7/c1-5-24(9-10-28)15-7-8-16(18(11-15)26(31)32)23-21-19(27(33)34)12-17(25(30)6-2)13(3)20(21)22-14(4)29/h7-8,11-12,14,22-23,28-30H,5-6,9-10H2,1-4H3. The first-order chi connectivity index (χ1) is 16.0. The van der Waals surface area contributed by atoms with Gasteiger partial charge in [0, 0.05) is 43.0 Å². The molecule has 2 rings (SSSR count). The molecule has 186 valence electrons. The Morgan fingerprint density at radius 3 is 2.21 bits per heavy atom. The average molecular weight is 479 g/mol. The topological polar surface area (TPSA) is 178 Å². The summed E-state index contributed by atoms with van der Waals surface area (Å²) >= 11 is 0. The molecule has 13 nitrogen and oxygen atoms in total. The van der Waals surface area contributed by atoms with Gasteiger partial charge in [0.25, 0.3) is 11.4 Å². The minimum absolute atomic E-state index is 0.00552. The van der Waals surface area contributed by atoms with E-state index in [9.17, 15) is 35.6 Å². The summed E-state index contributed by atoms with van der Waals surface area (Å²) < 4.78 is 0. The number of hydrogen-bond donors (Lipinski definition) is 5. The third-order valence-electron chi connectivity index (χ3n) is 5.22. The van der Waals surface area contributed by atoms with Gasteiger partial charge in [0.05, 0.1) is 27.8 Å². The quantitative estimate of drug-likeness (QED) is 0.172. The fraction of sp³-hybridized carbons (Fsp3) is 0.429. The molecule has 0 saturated carbocycles. The van der Waals surface area contributed by atoms with Crippen LogP contribution in [0.4, 0.5) is 39.8 Å². The van der Waals surface area contributed by atoms with Crippen molar-refractivity contribution in [3.63, 3.8) is 0 Å². The molecule has 0 heterocycles. The molecular formula is C21H30N6O7. The minimum atomic E-state index is -1.11. The SMILES string of the molecule is CCN(O)c1cc([N+](=O)[O-])c(Nc2ccc(N(CC)CCO)cc2[N+](=O)[O-])c(NC(C)O)c1C. The van der Waals surface area contributed by atoms with E-state index in [1.807, 2.05) is 6.92 Å². The third-order valence-corrected chi connectivity index (χ3v) is 5.22. The van der Waals surface area contributed by atoms with Crippen LogP contribution in [0.2, 0.25) is 0 Å². The number of hydrogen-bond acceptors (Lipinski definition) is 11. The maximum Gasteiger partial charge on any atom is 0.296 e. The van der Waals surface area contributed by atoms with Gasteiger partial charge in [0.1, 0.15) is 17.6 Å². The highest BCUT2D eigenvalue weighted by Gasteiger charge is 2.28. The van der Waals surface area contributed by atoms with Gasteiger partial charge in [-0.1, -0.05) is 0 Å². The van der Waals surface area contributed by atoms with E-state index >= 15 is 0 Å². The second-order valence-electron chi connectivity index (χ2n) is 7.47. The molecule has 2 aromatic carbocycles. The van der Waals surface area contributed by atoms with E-state index in [0.29, 0.717) is 17.8 Å². The van der Waals surface area contributed by atoms with Crippen LogP contribution < -0.4 is 20.6 Å². The molecule has 0 saturated heterocycles. The van der Waals surface area contributed by atoms with Gasteiger partial charge in [0.15, 0.2) is 0 Å². The van der Waals surface area contributed by atoms with Crippen LogP contribution >= 0.6 is 0 Å². The highest BCUT2D eigenvalue weighted by atomic mass is 16.6. The van der Waals surface area contributed by atoms with Crippen molar-refractivity contribution in [3.05, 3.63) is 50.1 Å². The zero-order valence-corrected chi connectivity index (χ0v) is 19.5. The van der Waals surface area contributed by atoms with Gasteiger partial charge in [-0.2, -0.15) is 0 Å². The number of aliphatic hydroxyl groups excluding tert-OH is 2. The number of nitro benzene ring substituents is 2. The van der Waals surface area contributed by atoms with Gasteiger partial charge in [0.2, 0.25) is 0 Å². The number of likely N-dealkylation sites (N-methyl/N-ethyl adjacent to an activating group) is 1. The van der Waals surface area contributed by atoms with Gasteiger partial charge in [-0.25, -0.2) is 0 Å². The number of nitro groups is 2. The normalized spacial score (nSPS) is 11.6. The van der Waals surface area contributed by atoms with Crippen molar-refractivity contribution in [2.75, 3.05) is 46.8 Å². The second-order valence-corrected chi connectivity index (χ2v) is 7.47. The first-order valence-electron chi connectivity index (χ1n) is 10.7. The Morgan fingerprint density at radius 1 is 1.06 bits per heavy atom. The highest BCUT2D eigenvalue weighted by Crippen LogP contribution is 2.44. The van der Waals surface area contributed by atoms with E-state index < -0.39 is 21.8 Å². The summed E-state index contributed by atoms with van der Waals surface area (Å²) in [5.74, 6) is 0. The van der Waals surface area contributed by atoms with Crippen LogP contribution in [0, 0.1) is 27.2 Å². The fourth-order valence-electron chi connectivity index (χ4n) is 3.55. The van der Waals surface area contributed by atoms with Crippen molar-refractivity contribution in [2.24, 2.45) is 0 Å². The molecule has 0 aromatic heterocycles. The van der Waals surface area contributed by atoms with Crippen molar-refractivity contribution in [3.8, 4) is 0 Å². The number of anilines is 5. The van der Waals surface area contributed by atoms with E-state index in [2.05, 4.69) is 10.6 Å². The predicted octanol–water partition coefficient (Wildman–Crippen LogP) is 3.34. The number of rotatable bonds is 12. The van der Waals surface area contributed by atoms with E-state index in [1.54, 1.807) is 24.8 Å². The number of nitrogens with one attached hydrogen (secondary N) is 2. The molecule has 0 spiro atoms. The Hall–Kier alpha value is -3.68. The lowest BCUT2D eigenvalue weighted by atomic mass is 10.1. The van der Waals surface area contributed by atoms with Crippen molar-refractivity contribution in [2.45, 2.75) is 33.9 Å². The number of benzene rings is 2. The molecule has 0 radical (unpaired) electrons. The van der Waals surface area contributed by atoms with Gasteiger partial charge in [-0.15, -0.1) is 0 Å². The number of nitrogens with zero attached hydrogens (tertiary/aromatic N) is 4. The lowest BCUT2D eigenvalue weighted by molar-refractivity contribution is -0.384. The summed E-state index contributed by atoms with van der Waals surface area (Å²) in [5, 5.41) is 59.5. The number of hydroxylamine groups is 1. The predicted molar refractivity (Wildman–Crippen MR) is 129 cm³/mol. The second kappa shape index (κ2) is 11.4. The van der Waals surface area contributed by atoms with E-state index in [1.165, 1.54) is 19.1 Å². The number of aliphatic hydroxyl groups is 2. The molecule has 34 heavy (non-hydrogen) atoms. The van der Waals surface area contributed by atoms with Crippen LogP contribution in [-0.4, -0.2) is 57.7 Å². The Morgan fingerprint density at radius 2 is 1.71 bits per heavy atom. The van der Waals surface area contributed by atoms with E-state index in [-0.39, 0.29) is 48.1 Å². The molecule has 13 heteroatoms. The smallest absolute Gasteiger partial charge is 0.296 e. The van der Waals surface area contributed by atoms with Crippen LogP contribution in [0.5, 0.6) is 0 Å². The minimum Gasteiger partial charge on any atom is -0.395 e. The van der Waals surface area contributed by atoms with Gasteiger partial charge >= 0.3 is 0 Å². The Balaban J connectivity index is 2.72. The molecule has 0 fully saturated rings. The van der Waals surface area contributed by atoms with Gasteiger partial charge < -0.3 is 25.7 Å². The Labute approximate surface area is 196 Å². The Kier molecular flexibility index (Phi) is 8.95. The maximum atomic E-state index is 11.9. The zero-order valence-electron chi connectivity index (χ0n) is 19.5. The first kappa shape index (κ1) is 26.6. The lowest BCUT2D eigenvalue weighted by Crippen LogP contribution is -2.26. The fourth-order valence-corrected chi connectivity index (χ4v) is 3.55. The van der Waals surface area contributed by atoms with Crippen molar-refractivity contribution in [1.82, 2.24) is 0 Å². The van der Waals surface area contributed by atoms with Crippen molar-refractivity contribution >= 4 is 39.8 Å². The molecule has 0 aliphatic rings. The summed E-state index contributed by atoms with van der Waals surface area (Å²) in [5.41, 5.74) is 0.268. The largest absolute Gasteiger partial charge is 0.395 e. The maximum absolute atomic E-state index is 11.9. The highest BCUT2D eigenvalue weighted by molar-refractivity contribution is 5.91. The molecule has 0 bridgehead atoms. The molecule has 2 aromatic rings. The summed E-state index contributed by atoms with van der Waals surface area (Å²) in [6.07, 6.45) is -1.11. The first-order valence-corrected chi connectivity index (χ1v) is 10.7. The van der Waals surface area contributed by atoms with Crippen LogP contribution in [0.15, 0.2) is 24.3 Å². The van der Waals surface area contributed by atoms with Crippen LogP contribution in [0.3, 0.4) is 0 Å². The summed E-state index contributed by atoms with van der Waals surface area (Å²) in [7, 11) is 0.